The number of methoxy groups -OCH3 is 1. The van der Waals surface area contributed by atoms with Gasteiger partial charge in [0.1, 0.15) is 5.75 Å². The van der Waals surface area contributed by atoms with Crippen LogP contribution in [0.5, 0.6) is 5.75 Å². The zero-order valence-electron chi connectivity index (χ0n) is 10.7. The highest BCUT2D eigenvalue weighted by Gasteiger charge is 2.35. The van der Waals surface area contributed by atoms with E-state index in [0.717, 1.165) is 0 Å². The van der Waals surface area contributed by atoms with Crippen LogP contribution in [0.2, 0.25) is 0 Å². The molecule has 0 aromatic heterocycles. The van der Waals surface area contributed by atoms with Gasteiger partial charge in [-0.25, -0.2) is 0 Å². The Balaban J connectivity index is 2.08. The number of hydrogen-bond acceptors (Lipinski definition) is 4. The lowest BCUT2D eigenvalue weighted by Gasteiger charge is -2.16. The minimum Gasteiger partial charge on any atom is -0.469 e. The van der Waals surface area contributed by atoms with Crippen molar-refractivity contribution in [3.8, 4) is 5.75 Å². The molecule has 1 amide bonds. The van der Waals surface area contributed by atoms with Gasteiger partial charge in [0.05, 0.1) is 13.0 Å². The van der Waals surface area contributed by atoms with E-state index >= 15 is 0 Å². The van der Waals surface area contributed by atoms with Gasteiger partial charge in [-0.2, -0.15) is 8.78 Å². The molecule has 7 heteroatoms. The van der Waals surface area contributed by atoms with Crippen LogP contribution >= 0.6 is 0 Å². The van der Waals surface area contributed by atoms with Gasteiger partial charge in [0, 0.05) is 18.7 Å². The Labute approximate surface area is 114 Å². The Kier molecular flexibility index (Phi) is 4.16. The molecule has 1 aromatic rings. The number of benzene rings is 1. The molecule has 2 rings (SSSR count). The second-order valence-electron chi connectivity index (χ2n) is 4.30. The van der Waals surface area contributed by atoms with Gasteiger partial charge in [-0.05, 0) is 24.3 Å². The molecule has 1 atom stereocenters. The first kappa shape index (κ1) is 14.2. The highest BCUT2D eigenvalue weighted by atomic mass is 19.3. The van der Waals surface area contributed by atoms with Crippen molar-refractivity contribution in [3.05, 3.63) is 24.3 Å². The maximum absolute atomic E-state index is 12.0. The van der Waals surface area contributed by atoms with E-state index in [2.05, 4.69) is 9.47 Å². The SMILES string of the molecule is COC(=O)C1CC(=O)N(c2ccc(OC(F)F)cc2)C1. The van der Waals surface area contributed by atoms with Crippen molar-refractivity contribution in [1.29, 1.82) is 0 Å². The van der Waals surface area contributed by atoms with E-state index in [0.29, 0.717) is 5.69 Å². The van der Waals surface area contributed by atoms with E-state index in [1.54, 1.807) is 0 Å². The summed E-state index contributed by atoms with van der Waals surface area (Å²) < 4.78 is 32.9. The van der Waals surface area contributed by atoms with Crippen molar-refractivity contribution >= 4 is 17.6 Å². The molecule has 5 nitrogen and oxygen atoms in total. The summed E-state index contributed by atoms with van der Waals surface area (Å²) in [6, 6.07) is 5.69. The van der Waals surface area contributed by atoms with Crippen LogP contribution < -0.4 is 9.64 Å². The van der Waals surface area contributed by atoms with E-state index in [-0.39, 0.29) is 24.6 Å². The molecule has 1 aromatic carbocycles. The predicted molar refractivity (Wildman–Crippen MR) is 65.6 cm³/mol. The zero-order valence-corrected chi connectivity index (χ0v) is 10.7. The molecule has 0 aliphatic carbocycles. The van der Waals surface area contributed by atoms with Gasteiger partial charge in [-0.1, -0.05) is 0 Å². The monoisotopic (exact) mass is 285 g/mol. The summed E-state index contributed by atoms with van der Waals surface area (Å²) in [5.74, 6) is -1.12. The van der Waals surface area contributed by atoms with Crippen molar-refractivity contribution < 1.29 is 27.8 Å². The first-order valence-electron chi connectivity index (χ1n) is 5.94. The maximum Gasteiger partial charge on any atom is 0.387 e. The lowest BCUT2D eigenvalue weighted by Crippen LogP contribution is -2.26. The molecule has 108 valence electrons. The third-order valence-corrected chi connectivity index (χ3v) is 3.03. The molecular formula is C13H13F2NO4. The van der Waals surface area contributed by atoms with Crippen molar-refractivity contribution in [2.45, 2.75) is 13.0 Å². The molecule has 0 spiro atoms. The van der Waals surface area contributed by atoms with Crippen LogP contribution in [0.15, 0.2) is 24.3 Å². The molecule has 20 heavy (non-hydrogen) atoms. The van der Waals surface area contributed by atoms with Crippen LogP contribution in [0, 0.1) is 5.92 Å². The van der Waals surface area contributed by atoms with Crippen LogP contribution in [0.4, 0.5) is 14.5 Å². The van der Waals surface area contributed by atoms with Gasteiger partial charge < -0.3 is 14.4 Å². The lowest BCUT2D eigenvalue weighted by molar-refractivity contribution is -0.145. The second-order valence-corrected chi connectivity index (χ2v) is 4.30. The number of alkyl halides is 2. The van der Waals surface area contributed by atoms with E-state index in [1.807, 2.05) is 0 Å². The fourth-order valence-corrected chi connectivity index (χ4v) is 2.09. The van der Waals surface area contributed by atoms with Gasteiger partial charge in [0.15, 0.2) is 0 Å². The standard InChI is InChI=1S/C13H13F2NO4/c1-19-12(18)8-6-11(17)16(7-8)9-2-4-10(5-3-9)20-13(14)15/h2-5,8,13H,6-7H2,1H3. The van der Waals surface area contributed by atoms with Crippen LogP contribution in [0.1, 0.15) is 6.42 Å². The van der Waals surface area contributed by atoms with E-state index < -0.39 is 18.5 Å². The Morgan fingerprint density at radius 3 is 2.55 bits per heavy atom. The second kappa shape index (κ2) is 5.85. The summed E-state index contributed by atoms with van der Waals surface area (Å²) in [5.41, 5.74) is 0.531. The Bertz CT molecular complexity index is 504. The third kappa shape index (κ3) is 3.04. The number of ether oxygens (including phenoxy) is 2. The van der Waals surface area contributed by atoms with Crippen LogP contribution in [-0.4, -0.2) is 32.1 Å². The molecule has 1 aliphatic rings. The van der Waals surface area contributed by atoms with E-state index in [9.17, 15) is 18.4 Å². The molecule has 0 saturated carbocycles. The number of anilines is 1. The summed E-state index contributed by atoms with van der Waals surface area (Å²) in [6.45, 7) is -2.67. The summed E-state index contributed by atoms with van der Waals surface area (Å²) in [4.78, 5) is 24.7. The van der Waals surface area contributed by atoms with Crippen LogP contribution in [-0.2, 0) is 14.3 Å². The number of nitrogens with zero attached hydrogens (tertiary/aromatic N) is 1. The molecule has 1 saturated heterocycles. The van der Waals surface area contributed by atoms with Crippen LogP contribution in [0.3, 0.4) is 0 Å². The summed E-state index contributed by atoms with van der Waals surface area (Å²) in [6.07, 6.45) is 0.0853. The van der Waals surface area contributed by atoms with Crippen molar-refractivity contribution in [3.63, 3.8) is 0 Å². The number of hydrogen-bond donors (Lipinski definition) is 0. The summed E-state index contributed by atoms with van der Waals surface area (Å²) in [7, 11) is 1.27. The summed E-state index contributed by atoms with van der Waals surface area (Å²) in [5, 5.41) is 0. The zero-order chi connectivity index (χ0) is 14.7. The molecule has 0 bridgehead atoms. The van der Waals surface area contributed by atoms with E-state index in [4.69, 9.17) is 0 Å². The molecule has 0 radical (unpaired) electrons. The molecule has 1 aliphatic heterocycles. The van der Waals surface area contributed by atoms with Crippen LogP contribution in [0.25, 0.3) is 0 Å². The van der Waals surface area contributed by atoms with Crippen molar-refractivity contribution in [2.75, 3.05) is 18.6 Å². The van der Waals surface area contributed by atoms with Gasteiger partial charge in [0.2, 0.25) is 5.91 Å². The fraction of sp³-hybridized carbons (Fsp3) is 0.385. The van der Waals surface area contributed by atoms with Gasteiger partial charge in [0.25, 0.3) is 0 Å². The molecule has 1 unspecified atom stereocenters. The van der Waals surface area contributed by atoms with Gasteiger partial charge in [-0.3, -0.25) is 9.59 Å². The quantitative estimate of drug-likeness (QED) is 0.792. The molecular weight excluding hydrogens is 272 g/mol. The number of amides is 1. The lowest BCUT2D eigenvalue weighted by atomic mass is 10.1. The molecule has 0 N–H and O–H groups in total. The Morgan fingerprint density at radius 2 is 2.00 bits per heavy atom. The number of rotatable bonds is 4. The number of carbonyl (C=O) groups excluding carboxylic acids is 2. The van der Waals surface area contributed by atoms with E-state index in [1.165, 1.54) is 36.3 Å². The average Bonchev–Trinajstić information content (AvgIpc) is 2.80. The first-order valence-corrected chi connectivity index (χ1v) is 5.94. The topological polar surface area (TPSA) is 55.8 Å². The largest absolute Gasteiger partial charge is 0.469 e. The van der Waals surface area contributed by atoms with Gasteiger partial charge in [-0.15, -0.1) is 0 Å². The van der Waals surface area contributed by atoms with Gasteiger partial charge >= 0.3 is 12.6 Å². The first-order chi connectivity index (χ1) is 9.51. The average molecular weight is 285 g/mol. The van der Waals surface area contributed by atoms with Crippen molar-refractivity contribution in [1.82, 2.24) is 0 Å². The minimum atomic E-state index is -2.89. The number of carbonyl (C=O) groups is 2. The third-order valence-electron chi connectivity index (χ3n) is 3.03. The minimum absolute atomic E-state index is 0.0138. The van der Waals surface area contributed by atoms with Crippen molar-refractivity contribution in [2.24, 2.45) is 5.92 Å². The highest BCUT2D eigenvalue weighted by molar-refractivity contribution is 5.99. The normalized spacial score (nSPS) is 18.5. The Morgan fingerprint density at radius 1 is 1.35 bits per heavy atom. The summed E-state index contributed by atoms with van der Waals surface area (Å²) >= 11 is 0. The number of esters is 1. The highest BCUT2D eigenvalue weighted by Crippen LogP contribution is 2.27. The Hall–Kier alpha value is -2.18. The molecule has 1 heterocycles. The number of halogens is 2. The fourth-order valence-electron chi connectivity index (χ4n) is 2.09. The maximum atomic E-state index is 12.0. The predicted octanol–water partition coefficient (Wildman–Crippen LogP) is 1.81. The smallest absolute Gasteiger partial charge is 0.387 e. The molecule has 1 fully saturated rings.